The molecule has 0 aromatic carbocycles. The van der Waals surface area contributed by atoms with Crippen molar-refractivity contribution in [2.45, 2.75) is 38.2 Å². The van der Waals surface area contributed by atoms with Gasteiger partial charge in [0.2, 0.25) is 0 Å². The summed E-state index contributed by atoms with van der Waals surface area (Å²) in [6, 6.07) is 0. The lowest BCUT2D eigenvalue weighted by molar-refractivity contribution is 0.174. The lowest BCUT2D eigenvalue weighted by atomic mass is 9.92. The van der Waals surface area contributed by atoms with Gasteiger partial charge in [-0.15, -0.1) is 0 Å². The van der Waals surface area contributed by atoms with E-state index in [1.54, 1.807) is 0 Å². The highest BCUT2D eigenvalue weighted by Crippen LogP contribution is 2.38. The van der Waals surface area contributed by atoms with Crippen LogP contribution in [0.25, 0.3) is 0 Å². The molecule has 17 heavy (non-hydrogen) atoms. The Morgan fingerprint density at radius 3 is 2.71 bits per heavy atom. The van der Waals surface area contributed by atoms with Crippen molar-refractivity contribution in [3.63, 3.8) is 0 Å². The van der Waals surface area contributed by atoms with E-state index in [1.807, 2.05) is 4.90 Å². The predicted octanol–water partition coefficient (Wildman–Crippen LogP) is 2.00. The molecule has 2 aliphatic rings. The van der Waals surface area contributed by atoms with Crippen molar-refractivity contribution in [2.24, 2.45) is 16.6 Å². The molecule has 2 rings (SSSR count). The smallest absolute Gasteiger partial charge is 0.280 e. The number of hydrogen-bond acceptors (Lipinski definition) is 3. The van der Waals surface area contributed by atoms with Gasteiger partial charge in [-0.05, 0) is 25.3 Å². The first-order chi connectivity index (χ1) is 8.05. The van der Waals surface area contributed by atoms with Crippen LogP contribution < -0.4 is 5.73 Å². The highest BCUT2D eigenvalue weighted by molar-refractivity contribution is 5.60. The molecule has 0 aromatic rings. The molecule has 0 amide bonds. The molecule has 0 spiro atoms. The Kier molecular flexibility index (Phi) is 3.47. The summed E-state index contributed by atoms with van der Waals surface area (Å²) in [5, 5.41) is 0. The van der Waals surface area contributed by atoms with E-state index < -0.39 is 6.43 Å². The van der Waals surface area contributed by atoms with Crippen molar-refractivity contribution >= 4 is 6.34 Å². The SMILES string of the molecule is CC(CN)(CC1CC1)N1C=NC(C(F)F)=CC1. The molecule has 1 fully saturated rings. The van der Waals surface area contributed by atoms with Crippen LogP contribution in [0.15, 0.2) is 16.8 Å². The Morgan fingerprint density at radius 1 is 1.59 bits per heavy atom. The van der Waals surface area contributed by atoms with Crippen molar-refractivity contribution < 1.29 is 8.78 Å². The lowest BCUT2D eigenvalue weighted by Crippen LogP contribution is -2.52. The van der Waals surface area contributed by atoms with Crippen LogP contribution in [0.5, 0.6) is 0 Å². The third kappa shape index (κ3) is 2.83. The molecule has 1 heterocycles. The number of nitrogens with two attached hydrogens (primary N) is 1. The molecule has 5 heteroatoms. The van der Waals surface area contributed by atoms with Crippen LogP contribution in [-0.4, -0.2) is 36.3 Å². The molecule has 0 aromatic heterocycles. The summed E-state index contributed by atoms with van der Waals surface area (Å²) in [5.41, 5.74) is 5.55. The van der Waals surface area contributed by atoms with Gasteiger partial charge in [0.05, 0.1) is 11.9 Å². The fourth-order valence-corrected chi connectivity index (χ4v) is 2.19. The standard InChI is InChI=1S/C12H19F2N3/c1-12(7-15,6-9-2-3-9)17-5-4-10(11(13)14)16-8-17/h4,8-9,11H,2-3,5-7,15H2,1H3. The molecule has 1 saturated carbocycles. The first-order valence-corrected chi connectivity index (χ1v) is 6.04. The van der Waals surface area contributed by atoms with E-state index in [2.05, 4.69) is 11.9 Å². The largest absolute Gasteiger partial charge is 0.352 e. The highest BCUT2D eigenvalue weighted by atomic mass is 19.3. The molecule has 0 bridgehead atoms. The van der Waals surface area contributed by atoms with Gasteiger partial charge in [0, 0.05) is 13.1 Å². The third-order valence-electron chi connectivity index (χ3n) is 3.63. The number of halogens is 2. The van der Waals surface area contributed by atoms with Gasteiger partial charge in [-0.3, -0.25) is 0 Å². The van der Waals surface area contributed by atoms with Crippen molar-refractivity contribution in [1.82, 2.24) is 4.90 Å². The Hall–Kier alpha value is -0.970. The lowest BCUT2D eigenvalue weighted by Gasteiger charge is -2.40. The summed E-state index contributed by atoms with van der Waals surface area (Å²) in [4.78, 5) is 5.79. The summed E-state index contributed by atoms with van der Waals surface area (Å²) < 4.78 is 24.8. The Morgan fingerprint density at radius 2 is 2.29 bits per heavy atom. The molecule has 3 nitrogen and oxygen atoms in total. The molecule has 1 aliphatic carbocycles. The van der Waals surface area contributed by atoms with Gasteiger partial charge in [0.1, 0.15) is 5.70 Å². The van der Waals surface area contributed by atoms with Gasteiger partial charge in [-0.25, -0.2) is 13.8 Å². The fraction of sp³-hybridized carbons (Fsp3) is 0.750. The van der Waals surface area contributed by atoms with E-state index in [1.165, 1.54) is 25.3 Å². The van der Waals surface area contributed by atoms with E-state index in [9.17, 15) is 8.78 Å². The minimum absolute atomic E-state index is 0.132. The van der Waals surface area contributed by atoms with Gasteiger partial charge >= 0.3 is 0 Å². The summed E-state index contributed by atoms with van der Waals surface area (Å²) in [7, 11) is 0. The molecule has 2 N–H and O–H groups in total. The van der Waals surface area contributed by atoms with E-state index >= 15 is 0 Å². The van der Waals surface area contributed by atoms with Crippen LogP contribution in [-0.2, 0) is 0 Å². The predicted molar refractivity (Wildman–Crippen MR) is 64.1 cm³/mol. The van der Waals surface area contributed by atoms with E-state index in [4.69, 9.17) is 5.73 Å². The second-order valence-corrected chi connectivity index (χ2v) is 5.18. The third-order valence-corrected chi connectivity index (χ3v) is 3.63. The molecule has 1 atom stereocenters. The van der Waals surface area contributed by atoms with Crippen molar-refractivity contribution in [1.29, 1.82) is 0 Å². The average molecular weight is 243 g/mol. The summed E-state index contributed by atoms with van der Waals surface area (Å²) in [6.07, 6.45) is 4.08. The topological polar surface area (TPSA) is 41.6 Å². The van der Waals surface area contributed by atoms with E-state index in [0.717, 1.165) is 12.3 Å². The van der Waals surface area contributed by atoms with E-state index in [-0.39, 0.29) is 11.2 Å². The molecule has 1 aliphatic heterocycles. The number of allylic oxidation sites excluding steroid dienone is 1. The van der Waals surface area contributed by atoms with Crippen molar-refractivity contribution in [3.05, 3.63) is 11.8 Å². The zero-order valence-corrected chi connectivity index (χ0v) is 10.1. The monoisotopic (exact) mass is 243 g/mol. The van der Waals surface area contributed by atoms with Crippen molar-refractivity contribution in [2.75, 3.05) is 13.1 Å². The molecular formula is C12H19F2N3. The molecular weight excluding hydrogens is 224 g/mol. The molecule has 1 unspecified atom stereocenters. The van der Waals surface area contributed by atoms with Crippen LogP contribution >= 0.6 is 0 Å². The maximum atomic E-state index is 12.4. The summed E-state index contributed by atoms with van der Waals surface area (Å²) in [5.74, 6) is 0.748. The second-order valence-electron chi connectivity index (χ2n) is 5.18. The van der Waals surface area contributed by atoms with E-state index in [0.29, 0.717) is 13.1 Å². The Labute approximate surface area is 100 Å². The van der Waals surface area contributed by atoms with Crippen LogP contribution in [0.2, 0.25) is 0 Å². The van der Waals surface area contributed by atoms with Gasteiger partial charge < -0.3 is 10.6 Å². The molecule has 0 radical (unpaired) electrons. The van der Waals surface area contributed by atoms with Crippen LogP contribution in [0.1, 0.15) is 26.2 Å². The Bertz CT molecular complexity index is 337. The number of alkyl halides is 2. The Balaban J connectivity index is 2.00. The first kappa shape index (κ1) is 12.5. The number of rotatable bonds is 5. The van der Waals surface area contributed by atoms with Crippen LogP contribution in [0, 0.1) is 5.92 Å². The molecule has 96 valence electrons. The maximum Gasteiger partial charge on any atom is 0.280 e. The molecule has 0 saturated heterocycles. The summed E-state index contributed by atoms with van der Waals surface area (Å²) >= 11 is 0. The summed E-state index contributed by atoms with van der Waals surface area (Å²) in [6.45, 7) is 3.08. The minimum Gasteiger partial charge on any atom is -0.352 e. The normalized spacial score (nSPS) is 23.8. The zero-order valence-electron chi connectivity index (χ0n) is 10.1. The minimum atomic E-state index is -2.49. The zero-order chi connectivity index (χ0) is 12.5. The second kappa shape index (κ2) is 4.72. The maximum absolute atomic E-state index is 12.4. The van der Waals surface area contributed by atoms with Crippen molar-refractivity contribution in [3.8, 4) is 0 Å². The van der Waals surface area contributed by atoms with Crippen LogP contribution in [0.3, 0.4) is 0 Å². The average Bonchev–Trinajstić information content (AvgIpc) is 3.13. The van der Waals surface area contributed by atoms with Gasteiger partial charge in [-0.2, -0.15) is 0 Å². The number of aliphatic imine (C=N–C) groups is 1. The van der Waals surface area contributed by atoms with Gasteiger partial charge in [0.25, 0.3) is 6.43 Å². The van der Waals surface area contributed by atoms with Gasteiger partial charge in [0.15, 0.2) is 0 Å². The number of nitrogens with zero attached hydrogens (tertiary/aromatic N) is 2. The quantitative estimate of drug-likeness (QED) is 0.802. The highest BCUT2D eigenvalue weighted by Gasteiger charge is 2.36. The number of hydrogen-bond donors (Lipinski definition) is 1. The van der Waals surface area contributed by atoms with Gasteiger partial charge in [-0.1, -0.05) is 12.8 Å². The fourth-order valence-electron chi connectivity index (χ4n) is 2.19. The van der Waals surface area contributed by atoms with Crippen LogP contribution in [0.4, 0.5) is 8.78 Å². The first-order valence-electron chi connectivity index (χ1n) is 6.04.